The summed E-state index contributed by atoms with van der Waals surface area (Å²) in [5.41, 5.74) is 3.03. The summed E-state index contributed by atoms with van der Waals surface area (Å²) in [5, 5.41) is 3.42. The summed E-state index contributed by atoms with van der Waals surface area (Å²) < 4.78 is 1.01. The van der Waals surface area contributed by atoms with Crippen LogP contribution in [0, 0.1) is 0 Å². The van der Waals surface area contributed by atoms with E-state index >= 15 is 0 Å². The molecule has 1 fully saturated rings. The van der Waals surface area contributed by atoms with Crippen LogP contribution in [0.3, 0.4) is 0 Å². The van der Waals surface area contributed by atoms with Gasteiger partial charge in [-0.2, -0.15) is 4.98 Å². The van der Waals surface area contributed by atoms with Gasteiger partial charge >= 0.3 is 0 Å². The number of nitrogens with zero attached hydrogens (tertiary/aromatic N) is 3. The van der Waals surface area contributed by atoms with E-state index < -0.39 is 0 Å². The molecule has 0 radical (unpaired) electrons. The number of hydrogen-bond acceptors (Lipinski definition) is 4. The number of aromatic nitrogens is 2. The Labute approximate surface area is 156 Å². The molecule has 0 atom stereocenters. The molecule has 0 aliphatic carbocycles. The summed E-state index contributed by atoms with van der Waals surface area (Å²) in [6.07, 6.45) is 2.40. The van der Waals surface area contributed by atoms with Gasteiger partial charge in [-0.3, -0.25) is 0 Å². The number of rotatable bonds is 4. The van der Waals surface area contributed by atoms with Gasteiger partial charge in [0.2, 0.25) is 5.95 Å². The van der Waals surface area contributed by atoms with Crippen molar-refractivity contribution in [2.45, 2.75) is 12.8 Å². The van der Waals surface area contributed by atoms with E-state index in [4.69, 9.17) is 9.97 Å². The number of anilines is 3. The van der Waals surface area contributed by atoms with Crippen LogP contribution in [0.15, 0.2) is 65.1 Å². The average molecular weight is 395 g/mol. The predicted molar refractivity (Wildman–Crippen MR) is 106 cm³/mol. The molecule has 0 amide bonds. The lowest BCUT2D eigenvalue weighted by molar-refractivity contribution is 0.902. The molecule has 0 unspecified atom stereocenters. The fourth-order valence-corrected chi connectivity index (χ4v) is 3.40. The third-order valence-electron chi connectivity index (χ3n) is 4.31. The van der Waals surface area contributed by atoms with Gasteiger partial charge < -0.3 is 10.2 Å². The van der Waals surface area contributed by atoms with E-state index in [1.807, 2.05) is 48.5 Å². The SMILES string of the molecule is Brc1ccccc1Nc1cc(-c2ccccc2)nc(N2CCCC2)n1. The van der Waals surface area contributed by atoms with E-state index in [0.717, 1.165) is 46.3 Å². The monoisotopic (exact) mass is 394 g/mol. The number of nitrogens with one attached hydrogen (secondary N) is 1. The molecule has 1 saturated heterocycles. The molecule has 126 valence electrons. The number of benzene rings is 2. The summed E-state index contributed by atoms with van der Waals surface area (Å²) >= 11 is 3.59. The fraction of sp³-hybridized carbons (Fsp3) is 0.200. The van der Waals surface area contributed by atoms with E-state index in [1.165, 1.54) is 12.8 Å². The molecule has 0 saturated carbocycles. The van der Waals surface area contributed by atoms with E-state index in [1.54, 1.807) is 0 Å². The van der Waals surface area contributed by atoms with Crippen molar-refractivity contribution in [3.05, 3.63) is 65.1 Å². The van der Waals surface area contributed by atoms with Gasteiger partial charge in [0.25, 0.3) is 0 Å². The van der Waals surface area contributed by atoms with E-state index in [9.17, 15) is 0 Å². The van der Waals surface area contributed by atoms with Crippen LogP contribution in [0.2, 0.25) is 0 Å². The first kappa shape index (κ1) is 16.1. The minimum atomic E-state index is 0.799. The second-order valence-electron chi connectivity index (χ2n) is 6.10. The predicted octanol–water partition coefficient (Wildman–Crippen LogP) is 5.25. The summed E-state index contributed by atoms with van der Waals surface area (Å²) in [4.78, 5) is 11.8. The topological polar surface area (TPSA) is 41.1 Å². The normalized spacial score (nSPS) is 13.9. The lowest BCUT2D eigenvalue weighted by Crippen LogP contribution is -2.21. The van der Waals surface area contributed by atoms with Crippen molar-refractivity contribution in [2.75, 3.05) is 23.3 Å². The fourth-order valence-electron chi connectivity index (χ4n) is 3.01. The number of para-hydroxylation sites is 1. The maximum atomic E-state index is 4.81. The van der Waals surface area contributed by atoms with Crippen molar-refractivity contribution in [1.29, 1.82) is 0 Å². The van der Waals surface area contributed by atoms with Gasteiger partial charge in [-0.1, -0.05) is 42.5 Å². The van der Waals surface area contributed by atoms with Crippen LogP contribution in [0.1, 0.15) is 12.8 Å². The van der Waals surface area contributed by atoms with Crippen LogP contribution >= 0.6 is 15.9 Å². The molecule has 2 aromatic carbocycles. The van der Waals surface area contributed by atoms with Crippen LogP contribution in [0.4, 0.5) is 17.5 Å². The summed E-state index contributed by atoms with van der Waals surface area (Å²) in [6, 6.07) is 20.3. The number of halogens is 1. The Kier molecular flexibility index (Phi) is 4.65. The zero-order valence-corrected chi connectivity index (χ0v) is 15.4. The highest BCUT2D eigenvalue weighted by Gasteiger charge is 2.17. The first-order valence-corrected chi connectivity index (χ1v) is 9.30. The van der Waals surface area contributed by atoms with Crippen molar-refractivity contribution < 1.29 is 0 Å². The second-order valence-corrected chi connectivity index (χ2v) is 6.96. The highest BCUT2D eigenvalue weighted by molar-refractivity contribution is 9.10. The Morgan fingerprint density at radius 3 is 2.36 bits per heavy atom. The Morgan fingerprint density at radius 1 is 0.880 bits per heavy atom. The van der Waals surface area contributed by atoms with Gasteiger partial charge in [-0.25, -0.2) is 4.98 Å². The van der Waals surface area contributed by atoms with Gasteiger partial charge in [0, 0.05) is 29.2 Å². The molecule has 0 spiro atoms. The van der Waals surface area contributed by atoms with E-state index in [0.29, 0.717) is 0 Å². The molecule has 3 aromatic rings. The molecule has 25 heavy (non-hydrogen) atoms. The van der Waals surface area contributed by atoms with Crippen molar-refractivity contribution in [2.24, 2.45) is 0 Å². The quantitative estimate of drug-likeness (QED) is 0.655. The lowest BCUT2D eigenvalue weighted by atomic mass is 10.1. The standard InChI is InChI=1S/C20H19BrN4/c21-16-10-4-5-11-17(16)22-19-14-18(15-8-2-1-3-9-15)23-20(24-19)25-12-6-7-13-25/h1-5,8-11,14H,6-7,12-13H2,(H,22,23,24). The van der Waals surface area contributed by atoms with Crippen LogP contribution in [-0.4, -0.2) is 23.1 Å². The molecule has 5 heteroatoms. The molecule has 4 nitrogen and oxygen atoms in total. The minimum absolute atomic E-state index is 0.799. The van der Waals surface area contributed by atoms with Crippen LogP contribution in [0.5, 0.6) is 0 Å². The van der Waals surface area contributed by atoms with Gasteiger partial charge in [-0.15, -0.1) is 0 Å². The van der Waals surface area contributed by atoms with E-state index in [2.05, 4.69) is 38.3 Å². The zero-order chi connectivity index (χ0) is 17.1. The molecule has 1 aromatic heterocycles. The summed E-state index contributed by atoms with van der Waals surface area (Å²) in [6.45, 7) is 2.04. The van der Waals surface area contributed by atoms with E-state index in [-0.39, 0.29) is 0 Å². The lowest BCUT2D eigenvalue weighted by Gasteiger charge is -2.18. The zero-order valence-electron chi connectivity index (χ0n) is 13.8. The summed E-state index contributed by atoms with van der Waals surface area (Å²) in [5.74, 6) is 1.61. The minimum Gasteiger partial charge on any atom is -0.341 e. The third-order valence-corrected chi connectivity index (χ3v) is 5.00. The highest BCUT2D eigenvalue weighted by atomic mass is 79.9. The van der Waals surface area contributed by atoms with Gasteiger partial charge in [0.1, 0.15) is 5.82 Å². The molecular formula is C20H19BrN4. The van der Waals surface area contributed by atoms with Crippen LogP contribution in [0.25, 0.3) is 11.3 Å². The van der Waals surface area contributed by atoms with Crippen LogP contribution < -0.4 is 10.2 Å². The first-order valence-electron chi connectivity index (χ1n) is 8.50. The molecule has 1 aliphatic heterocycles. The molecule has 1 aliphatic rings. The van der Waals surface area contributed by atoms with Gasteiger partial charge in [0.15, 0.2) is 0 Å². The Morgan fingerprint density at radius 2 is 1.60 bits per heavy atom. The number of hydrogen-bond donors (Lipinski definition) is 1. The highest BCUT2D eigenvalue weighted by Crippen LogP contribution is 2.29. The first-order chi connectivity index (χ1) is 12.3. The Balaban J connectivity index is 1.74. The van der Waals surface area contributed by atoms with Crippen molar-refractivity contribution in [1.82, 2.24) is 9.97 Å². The molecule has 0 bridgehead atoms. The van der Waals surface area contributed by atoms with Gasteiger partial charge in [-0.05, 0) is 40.9 Å². The average Bonchev–Trinajstić information content (AvgIpc) is 3.19. The smallest absolute Gasteiger partial charge is 0.227 e. The molecule has 2 heterocycles. The molecule has 4 rings (SSSR count). The Hall–Kier alpha value is -2.40. The summed E-state index contributed by atoms with van der Waals surface area (Å²) in [7, 11) is 0. The van der Waals surface area contributed by atoms with Crippen molar-refractivity contribution in [3.63, 3.8) is 0 Å². The van der Waals surface area contributed by atoms with Crippen molar-refractivity contribution in [3.8, 4) is 11.3 Å². The van der Waals surface area contributed by atoms with Crippen molar-refractivity contribution >= 4 is 33.4 Å². The maximum Gasteiger partial charge on any atom is 0.227 e. The second kappa shape index (κ2) is 7.23. The largest absolute Gasteiger partial charge is 0.341 e. The molecular weight excluding hydrogens is 376 g/mol. The molecule has 1 N–H and O–H groups in total. The van der Waals surface area contributed by atoms with Gasteiger partial charge in [0.05, 0.1) is 11.4 Å². The maximum absolute atomic E-state index is 4.81. The van der Waals surface area contributed by atoms with Crippen LogP contribution in [-0.2, 0) is 0 Å². The Bertz CT molecular complexity index is 861. The third kappa shape index (κ3) is 3.66.